The summed E-state index contributed by atoms with van der Waals surface area (Å²) in [7, 11) is 3.99. The van der Waals surface area contributed by atoms with Crippen molar-refractivity contribution in [3.05, 3.63) is 54.6 Å². The van der Waals surface area contributed by atoms with Crippen LogP contribution in [0, 0.1) is 0 Å². The third kappa shape index (κ3) is 4.79. The average Bonchev–Trinajstić information content (AvgIpc) is 2.75. The number of fused-ring (bicyclic) bond motifs is 1. The fourth-order valence-corrected chi connectivity index (χ4v) is 3.90. The number of hydrogen-bond acceptors (Lipinski definition) is 5. The normalized spacial score (nSPS) is 18.6. The molecule has 0 bridgehead atoms. The molecule has 3 N–H and O–H groups in total. The number of benzene rings is 2. The van der Waals surface area contributed by atoms with E-state index in [1.165, 1.54) is 0 Å². The second-order valence-corrected chi connectivity index (χ2v) is 7.94. The largest absolute Gasteiger partial charge is 0.362 e. The van der Waals surface area contributed by atoms with Crippen molar-refractivity contribution in [2.45, 2.75) is 37.8 Å². The number of urea groups is 1. The van der Waals surface area contributed by atoms with Gasteiger partial charge in [-0.3, -0.25) is 0 Å². The topological polar surface area (TPSA) is 82.2 Å². The van der Waals surface area contributed by atoms with Crippen molar-refractivity contribution < 1.29 is 4.79 Å². The highest BCUT2D eigenvalue weighted by Gasteiger charge is 2.23. The Balaban J connectivity index is 1.33. The van der Waals surface area contributed by atoms with E-state index in [1.54, 1.807) is 0 Å². The van der Waals surface area contributed by atoms with E-state index in [2.05, 4.69) is 16.0 Å². The van der Waals surface area contributed by atoms with Crippen LogP contribution in [0.1, 0.15) is 25.7 Å². The van der Waals surface area contributed by atoms with Gasteiger partial charge in [-0.1, -0.05) is 30.3 Å². The molecule has 0 atom stereocenters. The van der Waals surface area contributed by atoms with Crippen LogP contribution in [0.4, 0.5) is 22.2 Å². The Morgan fingerprint density at radius 1 is 0.900 bits per heavy atom. The molecule has 3 aromatic rings. The monoisotopic (exact) mass is 404 g/mol. The van der Waals surface area contributed by atoms with Gasteiger partial charge in [0.1, 0.15) is 5.82 Å². The van der Waals surface area contributed by atoms with Gasteiger partial charge >= 0.3 is 6.03 Å². The zero-order chi connectivity index (χ0) is 20.9. The predicted octanol–water partition coefficient (Wildman–Crippen LogP) is 4.24. The number of nitrogens with zero attached hydrogens (tertiary/aromatic N) is 3. The molecule has 0 saturated heterocycles. The van der Waals surface area contributed by atoms with Gasteiger partial charge in [-0.15, -0.1) is 0 Å². The molecule has 1 aliphatic rings. The number of rotatable bonds is 5. The fraction of sp³-hybridized carbons (Fsp3) is 0.348. The Morgan fingerprint density at radius 3 is 2.30 bits per heavy atom. The molecule has 1 aliphatic carbocycles. The lowest BCUT2D eigenvalue weighted by Crippen LogP contribution is -2.42. The van der Waals surface area contributed by atoms with Gasteiger partial charge < -0.3 is 20.9 Å². The lowest BCUT2D eigenvalue weighted by atomic mass is 9.91. The Bertz CT molecular complexity index is 999. The summed E-state index contributed by atoms with van der Waals surface area (Å²) in [6.07, 6.45) is 3.77. The zero-order valence-electron chi connectivity index (χ0n) is 17.4. The van der Waals surface area contributed by atoms with Gasteiger partial charge in [-0.05, 0) is 49.9 Å². The van der Waals surface area contributed by atoms with Gasteiger partial charge in [0.15, 0.2) is 0 Å². The van der Waals surface area contributed by atoms with Crippen molar-refractivity contribution >= 4 is 34.4 Å². The van der Waals surface area contributed by atoms with E-state index in [-0.39, 0.29) is 12.1 Å². The van der Waals surface area contributed by atoms with E-state index in [1.807, 2.05) is 73.6 Å². The van der Waals surface area contributed by atoms with Gasteiger partial charge in [0.2, 0.25) is 5.95 Å². The number of amides is 2. The number of carbonyl (C=O) groups excluding carboxylic acids is 1. The SMILES string of the molecule is CN(C)c1nc(NC2CCC(NC(=O)Nc3ccccc3)CC2)nc2ccccc12. The molecule has 7 nitrogen and oxygen atoms in total. The Kier molecular flexibility index (Phi) is 5.97. The van der Waals surface area contributed by atoms with E-state index in [0.717, 1.165) is 48.1 Å². The molecule has 4 rings (SSSR count). The highest BCUT2D eigenvalue weighted by molar-refractivity contribution is 5.90. The maximum atomic E-state index is 12.2. The summed E-state index contributed by atoms with van der Waals surface area (Å²) in [6.45, 7) is 0. The summed E-state index contributed by atoms with van der Waals surface area (Å²) in [5.74, 6) is 1.58. The lowest BCUT2D eigenvalue weighted by Gasteiger charge is -2.30. The van der Waals surface area contributed by atoms with Gasteiger partial charge in [0.05, 0.1) is 5.52 Å². The van der Waals surface area contributed by atoms with Crippen LogP contribution in [-0.4, -0.2) is 42.2 Å². The molecule has 1 fully saturated rings. The van der Waals surface area contributed by atoms with Gasteiger partial charge in [0.25, 0.3) is 0 Å². The molecular formula is C23H28N6O. The third-order valence-corrected chi connectivity index (χ3v) is 5.43. The number of aromatic nitrogens is 2. The molecule has 0 spiro atoms. The van der Waals surface area contributed by atoms with Crippen molar-refractivity contribution in [2.75, 3.05) is 29.6 Å². The average molecular weight is 405 g/mol. The first-order valence-corrected chi connectivity index (χ1v) is 10.4. The van der Waals surface area contributed by atoms with Crippen LogP contribution in [0.25, 0.3) is 10.9 Å². The number of para-hydroxylation sites is 2. The molecule has 1 aromatic heterocycles. The summed E-state index contributed by atoms with van der Waals surface area (Å²) >= 11 is 0. The highest BCUT2D eigenvalue weighted by atomic mass is 16.2. The Labute approximate surface area is 176 Å². The van der Waals surface area contributed by atoms with E-state index in [9.17, 15) is 4.79 Å². The number of anilines is 3. The molecule has 0 radical (unpaired) electrons. The zero-order valence-corrected chi connectivity index (χ0v) is 17.4. The smallest absolute Gasteiger partial charge is 0.319 e. The predicted molar refractivity (Wildman–Crippen MR) is 122 cm³/mol. The highest BCUT2D eigenvalue weighted by Crippen LogP contribution is 2.26. The molecule has 1 saturated carbocycles. The summed E-state index contributed by atoms with van der Waals surface area (Å²) < 4.78 is 0. The van der Waals surface area contributed by atoms with Crippen LogP contribution in [0.2, 0.25) is 0 Å². The van der Waals surface area contributed by atoms with Crippen molar-refractivity contribution in [3.63, 3.8) is 0 Å². The van der Waals surface area contributed by atoms with Crippen LogP contribution >= 0.6 is 0 Å². The lowest BCUT2D eigenvalue weighted by molar-refractivity contribution is 0.243. The fourth-order valence-electron chi connectivity index (χ4n) is 3.90. The first-order chi connectivity index (χ1) is 14.6. The van der Waals surface area contributed by atoms with Gasteiger partial charge in [-0.25, -0.2) is 9.78 Å². The molecule has 7 heteroatoms. The van der Waals surface area contributed by atoms with Crippen molar-refractivity contribution in [1.82, 2.24) is 15.3 Å². The second kappa shape index (κ2) is 8.98. The quantitative estimate of drug-likeness (QED) is 0.592. The van der Waals surface area contributed by atoms with Crippen LogP contribution in [0.15, 0.2) is 54.6 Å². The molecule has 1 heterocycles. The van der Waals surface area contributed by atoms with Crippen molar-refractivity contribution in [1.29, 1.82) is 0 Å². The second-order valence-electron chi connectivity index (χ2n) is 7.94. The standard InChI is InChI=1S/C23H28N6O/c1-29(2)21-19-10-6-7-11-20(19)27-22(28-21)24-17-12-14-18(15-13-17)26-23(30)25-16-8-4-3-5-9-16/h3-11,17-18H,12-15H2,1-2H3,(H,24,27,28)(H2,25,26,30). The summed E-state index contributed by atoms with van der Waals surface area (Å²) in [5.41, 5.74) is 1.74. The Hall–Kier alpha value is -3.35. The van der Waals surface area contributed by atoms with E-state index in [4.69, 9.17) is 9.97 Å². The molecule has 30 heavy (non-hydrogen) atoms. The maximum absolute atomic E-state index is 12.2. The van der Waals surface area contributed by atoms with Crippen molar-refractivity contribution in [2.24, 2.45) is 0 Å². The molecule has 2 aromatic carbocycles. The van der Waals surface area contributed by atoms with Crippen LogP contribution in [-0.2, 0) is 0 Å². The van der Waals surface area contributed by atoms with Crippen LogP contribution in [0.3, 0.4) is 0 Å². The number of hydrogen-bond donors (Lipinski definition) is 3. The molecule has 0 unspecified atom stereocenters. The van der Waals surface area contributed by atoms with Crippen molar-refractivity contribution in [3.8, 4) is 0 Å². The van der Waals surface area contributed by atoms with E-state index in [0.29, 0.717) is 12.0 Å². The number of nitrogens with one attached hydrogen (secondary N) is 3. The first kappa shape index (κ1) is 19.9. The number of carbonyl (C=O) groups is 1. The van der Waals surface area contributed by atoms with Crippen LogP contribution in [0.5, 0.6) is 0 Å². The summed E-state index contributed by atoms with van der Waals surface area (Å²) in [6, 6.07) is 17.9. The summed E-state index contributed by atoms with van der Waals surface area (Å²) in [4.78, 5) is 23.7. The van der Waals surface area contributed by atoms with E-state index < -0.39 is 0 Å². The minimum Gasteiger partial charge on any atom is -0.362 e. The van der Waals surface area contributed by atoms with Gasteiger partial charge in [-0.2, -0.15) is 4.98 Å². The molecule has 0 aliphatic heterocycles. The third-order valence-electron chi connectivity index (χ3n) is 5.43. The Morgan fingerprint density at radius 2 is 1.57 bits per heavy atom. The molecule has 156 valence electrons. The van der Waals surface area contributed by atoms with E-state index >= 15 is 0 Å². The van der Waals surface area contributed by atoms with Gasteiger partial charge in [0, 0.05) is 37.3 Å². The molecule has 2 amide bonds. The maximum Gasteiger partial charge on any atom is 0.319 e. The summed E-state index contributed by atoms with van der Waals surface area (Å²) in [5, 5.41) is 10.5. The minimum atomic E-state index is -0.147. The minimum absolute atomic E-state index is 0.147. The molecular weight excluding hydrogens is 376 g/mol. The van der Waals surface area contributed by atoms with Crippen LogP contribution < -0.4 is 20.9 Å². The first-order valence-electron chi connectivity index (χ1n) is 10.4.